The molecule has 0 spiro atoms. The van der Waals surface area contributed by atoms with Crippen LogP contribution in [0.3, 0.4) is 0 Å². The largest absolute Gasteiger partial charge is 0.334 e. The Labute approximate surface area is 140 Å². The lowest BCUT2D eigenvalue weighted by molar-refractivity contribution is -0.144. The monoisotopic (exact) mass is 331 g/mol. The number of benzene rings is 1. The van der Waals surface area contributed by atoms with Crippen LogP contribution in [0.1, 0.15) is 39.2 Å². The Kier molecular flexibility index (Phi) is 5.02. The van der Waals surface area contributed by atoms with Crippen molar-refractivity contribution in [2.45, 2.75) is 39.7 Å². The summed E-state index contributed by atoms with van der Waals surface area (Å²) in [6.07, 6.45) is 0. The Morgan fingerprint density at radius 2 is 1.58 bits per heavy atom. The van der Waals surface area contributed by atoms with Gasteiger partial charge in [0.25, 0.3) is 0 Å². The van der Waals surface area contributed by atoms with Gasteiger partial charge in [-0.05, 0) is 37.5 Å². The van der Waals surface area contributed by atoms with Crippen molar-refractivity contribution in [1.29, 1.82) is 0 Å². The summed E-state index contributed by atoms with van der Waals surface area (Å²) in [6, 6.07) is 6.11. The molecule has 1 saturated heterocycles. The van der Waals surface area contributed by atoms with E-state index in [4.69, 9.17) is 0 Å². The molecule has 0 saturated carbocycles. The van der Waals surface area contributed by atoms with Crippen LogP contribution in [-0.2, 0) is 14.4 Å². The molecule has 7 nitrogen and oxygen atoms in total. The highest BCUT2D eigenvalue weighted by Crippen LogP contribution is 2.18. The van der Waals surface area contributed by atoms with Crippen molar-refractivity contribution in [3.63, 3.8) is 0 Å². The van der Waals surface area contributed by atoms with Crippen molar-refractivity contribution in [2.24, 2.45) is 0 Å². The lowest BCUT2D eigenvalue weighted by Gasteiger charge is -2.18. The van der Waals surface area contributed by atoms with Gasteiger partial charge in [-0.3, -0.25) is 19.3 Å². The third-order valence-electron chi connectivity index (χ3n) is 3.76. The number of hydrogen-bond acceptors (Lipinski definition) is 4. The Hall–Kier alpha value is -2.70. The van der Waals surface area contributed by atoms with Crippen molar-refractivity contribution >= 4 is 29.4 Å². The molecule has 1 heterocycles. The predicted molar refractivity (Wildman–Crippen MR) is 88.3 cm³/mol. The first-order valence-electron chi connectivity index (χ1n) is 7.81. The second-order valence-corrected chi connectivity index (χ2v) is 6.27. The van der Waals surface area contributed by atoms with E-state index in [1.807, 2.05) is 12.1 Å². The standard InChI is InChI=1S/C17H21N3O4/c1-10(2)12-5-7-13(8-6-12)18-14(21)9-19-15(22)16(23)20(11(3)4)17(19)24/h5-8,10-11H,9H2,1-4H3,(H,18,21). The van der Waals surface area contributed by atoms with Gasteiger partial charge in [0.05, 0.1) is 0 Å². The normalized spacial score (nSPS) is 15.0. The van der Waals surface area contributed by atoms with Gasteiger partial charge >= 0.3 is 17.8 Å². The fourth-order valence-electron chi connectivity index (χ4n) is 2.41. The molecular formula is C17H21N3O4. The van der Waals surface area contributed by atoms with Gasteiger partial charge in [0.1, 0.15) is 6.54 Å². The summed E-state index contributed by atoms with van der Waals surface area (Å²) in [5.41, 5.74) is 1.70. The predicted octanol–water partition coefficient (Wildman–Crippen LogP) is 1.95. The zero-order chi connectivity index (χ0) is 18.0. The van der Waals surface area contributed by atoms with Crippen molar-refractivity contribution in [3.05, 3.63) is 29.8 Å². The summed E-state index contributed by atoms with van der Waals surface area (Å²) >= 11 is 0. The maximum absolute atomic E-state index is 12.1. The molecule has 24 heavy (non-hydrogen) atoms. The molecule has 1 fully saturated rings. The molecule has 1 aromatic rings. The fourth-order valence-corrected chi connectivity index (χ4v) is 2.41. The Bertz CT molecular complexity index is 680. The van der Waals surface area contributed by atoms with Gasteiger partial charge in [0.15, 0.2) is 0 Å². The first kappa shape index (κ1) is 17.7. The molecule has 128 valence electrons. The van der Waals surface area contributed by atoms with E-state index in [1.54, 1.807) is 26.0 Å². The quantitative estimate of drug-likeness (QED) is 0.660. The van der Waals surface area contributed by atoms with Crippen molar-refractivity contribution in [3.8, 4) is 0 Å². The maximum atomic E-state index is 12.1. The number of urea groups is 1. The lowest BCUT2D eigenvalue weighted by atomic mass is 10.0. The number of carbonyl (C=O) groups excluding carboxylic acids is 4. The van der Waals surface area contributed by atoms with E-state index in [9.17, 15) is 19.2 Å². The Balaban J connectivity index is 2.03. The molecule has 0 aliphatic carbocycles. The van der Waals surface area contributed by atoms with Crippen LogP contribution in [0, 0.1) is 0 Å². The summed E-state index contributed by atoms with van der Waals surface area (Å²) in [7, 11) is 0. The SMILES string of the molecule is CC(C)c1ccc(NC(=O)CN2C(=O)C(=O)N(C(C)C)C2=O)cc1. The molecule has 1 aromatic carbocycles. The van der Waals surface area contributed by atoms with E-state index < -0.39 is 36.3 Å². The molecular weight excluding hydrogens is 310 g/mol. The van der Waals surface area contributed by atoms with Crippen LogP contribution in [0.5, 0.6) is 0 Å². The van der Waals surface area contributed by atoms with E-state index in [1.165, 1.54) is 0 Å². The van der Waals surface area contributed by atoms with Gasteiger partial charge in [-0.1, -0.05) is 26.0 Å². The molecule has 1 aliphatic heterocycles. The van der Waals surface area contributed by atoms with Crippen LogP contribution in [0.2, 0.25) is 0 Å². The summed E-state index contributed by atoms with van der Waals surface area (Å²) in [6.45, 7) is 6.90. The third kappa shape index (κ3) is 3.45. The third-order valence-corrected chi connectivity index (χ3v) is 3.76. The number of imide groups is 2. The second kappa shape index (κ2) is 6.82. The molecule has 7 heteroatoms. The highest BCUT2D eigenvalue weighted by Gasteiger charge is 2.46. The lowest BCUT2D eigenvalue weighted by Crippen LogP contribution is -2.40. The average molecular weight is 331 g/mol. The van der Waals surface area contributed by atoms with Crippen LogP contribution < -0.4 is 5.32 Å². The summed E-state index contributed by atoms with van der Waals surface area (Å²) in [5, 5.41) is 2.62. The van der Waals surface area contributed by atoms with Gasteiger partial charge in [-0.25, -0.2) is 9.69 Å². The van der Waals surface area contributed by atoms with Gasteiger partial charge < -0.3 is 5.32 Å². The van der Waals surface area contributed by atoms with Gasteiger partial charge in [0, 0.05) is 11.7 Å². The van der Waals surface area contributed by atoms with Gasteiger partial charge in [-0.2, -0.15) is 0 Å². The topological polar surface area (TPSA) is 86.8 Å². The number of anilines is 1. The van der Waals surface area contributed by atoms with Crippen molar-refractivity contribution < 1.29 is 19.2 Å². The van der Waals surface area contributed by atoms with E-state index in [0.29, 0.717) is 16.5 Å². The Morgan fingerprint density at radius 1 is 1.00 bits per heavy atom. The number of amides is 5. The molecule has 1 N–H and O–H groups in total. The van der Waals surface area contributed by atoms with E-state index >= 15 is 0 Å². The zero-order valence-electron chi connectivity index (χ0n) is 14.2. The molecule has 5 amide bonds. The van der Waals surface area contributed by atoms with E-state index in [0.717, 1.165) is 10.5 Å². The molecule has 0 radical (unpaired) electrons. The van der Waals surface area contributed by atoms with E-state index in [2.05, 4.69) is 19.2 Å². The average Bonchev–Trinajstić information content (AvgIpc) is 2.71. The summed E-state index contributed by atoms with van der Waals surface area (Å²) in [4.78, 5) is 49.4. The minimum Gasteiger partial charge on any atom is -0.325 e. The fraction of sp³-hybridized carbons (Fsp3) is 0.412. The molecule has 0 bridgehead atoms. The Morgan fingerprint density at radius 3 is 2.04 bits per heavy atom. The van der Waals surface area contributed by atoms with E-state index in [-0.39, 0.29) is 0 Å². The highest BCUT2D eigenvalue weighted by atomic mass is 16.2. The van der Waals surface area contributed by atoms with Crippen molar-refractivity contribution in [1.82, 2.24) is 9.80 Å². The smallest absolute Gasteiger partial charge is 0.325 e. The number of nitrogens with zero attached hydrogens (tertiary/aromatic N) is 2. The van der Waals surface area contributed by atoms with Crippen LogP contribution in [0.15, 0.2) is 24.3 Å². The molecule has 0 aromatic heterocycles. The summed E-state index contributed by atoms with van der Waals surface area (Å²) in [5.74, 6) is -2.03. The minimum atomic E-state index is -0.973. The van der Waals surface area contributed by atoms with Crippen LogP contribution >= 0.6 is 0 Å². The first-order valence-corrected chi connectivity index (χ1v) is 7.81. The second-order valence-electron chi connectivity index (χ2n) is 6.27. The molecule has 0 atom stereocenters. The van der Waals surface area contributed by atoms with Gasteiger partial charge in [-0.15, -0.1) is 0 Å². The van der Waals surface area contributed by atoms with Crippen LogP contribution in [0.4, 0.5) is 10.5 Å². The number of nitrogens with one attached hydrogen (secondary N) is 1. The summed E-state index contributed by atoms with van der Waals surface area (Å²) < 4.78 is 0. The van der Waals surface area contributed by atoms with Gasteiger partial charge in [0.2, 0.25) is 5.91 Å². The maximum Gasteiger partial charge on any atom is 0.334 e. The molecule has 0 unspecified atom stereocenters. The van der Waals surface area contributed by atoms with Crippen molar-refractivity contribution in [2.75, 3.05) is 11.9 Å². The van der Waals surface area contributed by atoms with Crippen LogP contribution in [0.25, 0.3) is 0 Å². The van der Waals surface area contributed by atoms with Crippen LogP contribution in [-0.4, -0.2) is 46.1 Å². The molecule has 2 rings (SSSR count). The minimum absolute atomic E-state index is 0.377. The first-order chi connectivity index (χ1) is 11.2. The number of carbonyl (C=O) groups is 4. The highest BCUT2D eigenvalue weighted by molar-refractivity contribution is 6.45. The number of hydrogen-bond donors (Lipinski definition) is 1. The zero-order valence-corrected chi connectivity index (χ0v) is 14.2. The number of rotatable bonds is 5. The molecule has 1 aliphatic rings.